The van der Waals surface area contributed by atoms with Crippen LogP contribution in [0.25, 0.3) is 0 Å². The summed E-state index contributed by atoms with van der Waals surface area (Å²) in [6, 6.07) is 0. The molecule has 6 heteroatoms. The summed E-state index contributed by atoms with van der Waals surface area (Å²) >= 11 is 5.15. The Balaban J connectivity index is 2.42. The van der Waals surface area contributed by atoms with E-state index in [2.05, 4.69) is 0 Å². The van der Waals surface area contributed by atoms with Gasteiger partial charge in [0.05, 0.1) is 6.54 Å². The third kappa shape index (κ3) is 2.81. The number of rotatable bonds is 3. The lowest BCUT2D eigenvalue weighted by Gasteiger charge is -2.38. The zero-order chi connectivity index (χ0) is 10.7. The van der Waals surface area contributed by atoms with E-state index in [9.17, 15) is 9.90 Å². The fourth-order valence-electron chi connectivity index (χ4n) is 1.58. The standard InChI is InChI=1S/C8H15N3O2S/c1-9-5-11(4-3-7(12)13)6-10(2)8(9)14/h3-6H2,1-2H3,(H,12,13). The van der Waals surface area contributed by atoms with Crippen molar-refractivity contribution in [3.05, 3.63) is 0 Å². The highest BCUT2D eigenvalue weighted by atomic mass is 32.1. The van der Waals surface area contributed by atoms with Crippen LogP contribution >= 0.6 is 12.2 Å². The average Bonchev–Trinajstić information content (AvgIpc) is 2.10. The molecule has 1 N–H and O–H groups in total. The van der Waals surface area contributed by atoms with E-state index in [0.29, 0.717) is 6.54 Å². The van der Waals surface area contributed by atoms with Crippen molar-refractivity contribution in [2.45, 2.75) is 6.42 Å². The second kappa shape index (κ2) is 4.56. The Morgan fingerprint density at radius 3 is 2.43 bits per heavy atom. The molecule has 0 spiro atoms. The number of carbonyl (C=O) groups is 1. The maximum atomic E-state index is 10.3. The molecule has 0 radical (unpaired) electrons. The molecule has 0 atom stereocenters. The van der Waals surface area contributed by atoms with E-state index in [0.717, 1.165) is 18.4 Å². The zero-order valence-electron chi connectivity index (χ0n) is 8.45. The quantitative estimate of drug-likeness (QED) is 0.514. The van der Waals surface area contributed by atoms with Gasteiger partial charge in [0.2, 0.25) is 0 Å². The monoisotopic (exact) mass is 217 g/mol. The van der Waals surface area contributed by atoms with Crippen molar-refractivity contribution in [1.29, 1.82) is 0 Å². The van der Waals surface area contributed by atoms with Crippen LogP contribution in [0.1, 0.15) is 6.42 Å². The van der Waals surface area contributed by atoms with Gasteiger partial charge in [0.1, 0.15) is 0 Å². The predicted molar refractivity (Wildman–Crippen MR) is 53.3 cm³/mol. The molecular weight excluding hydrogens is 202 g/mol. The summed E-state index contributed by atoms with van der Waals surface area (Å²) in [7, 11) is 3.83. The Labute approximate surface area is 88.9 Å². The van der Waals surface area contributed by atoms with Crippen LogP contribution in [0.5, 0.6) is 0 Å². The molecule has 1 fully saturated rings. The molecule has 1 aliphatic rings. The molecule has 0 amide bonds. The van der Waals surface area contributed by atoms with E-state index in [1.54, 1.807) is 0 Å². The topological polar surface area (TPSA) is 51.1 Å². The fourth-order valence-corrected chi connectivity index (χ4v) is 1.71. The van der Waals surface area contributed by atoms with Crippen LogP contribution in [-0.2, 0) is 4.79 Å². The lowest BCUT2D eigenvalue weighted by Crippen LogP contribution is -3.16. The first-order valence-corrected chi connectivity index (χ1v) is 4.91. The Kier molecular flexibility index (Phi) is 3.65. The average molecular weight is 217 g/mol. The van der Waals surface area contributed by atoms with Crippen LogP contribution < -0.4 is 10.0 Å². The van der Waals surface area contributed by atoms with Gasteiger partial charge >= 0.3 is 0 Å². The van der Waals surface area contributed by atoms with Gasteiger partial charge in [0, 0.05) is 26.5 Å². The first kappa shape index (κ1) is 11.2. The number of thiocarbonyl (C=S) groups is 1. The summed E-state index contributed by atoms with van der Waals surface area (Å²) in [6.07, 6.45) is 0.101. The van der Waals surface area contributed by atoms with E-state index < -0.39 is 5.97 Å². The van der Waals surface area contributed by atoms with Gasteiger partial charge in [-0.2, -0.15) is 0 Å². The van der Waals surface area contributed by atoms with Crippen molar-refractivity contribution in [2.75, 3.05) is 34.0 Å². The van der Waals surface area contributed by atoms with Crippen molar-refractivity contribution >= 4 is 23.3 Å². The Hall–Kier alpha value is -0.880. The maximum Gasteiger partial charge on any atom is 0.179 e. The molecule has 14 heavy (non-hydrogen) atoms. The van der Waals surface area contributed by atoms with Crippen LogP contribution in [0.2, 0.25) is 0 Å². The van der Waals surface area contributed by atoms with Gasteiger partial charge < -0.3 is 24.6 Å². The van der Waals surface area contributed by atoms with Crippen molar-refractivity contribution < 1.29 is 14.8 Å². The molecule has 1 heterocycles. The number of hydrogen-bond acceptors (Lipinski definition) is 3. The Morgan fingerprint density at radius 1 is 1.50 bits per heavy atom. The SMILES string of the molecule is CN1C[NH+](CCC(=O)[O-])CN(C)C1=S. The summed E-state index contributed by atoms with van der Waals surface area (Å²) in [5.74, 6) is -0.990. The minimum absolute atomic E-state index is 0.101. The molecule has 0 aromatic rings. The highest BCUT2D eigenvalue weighted by Gasteiger charge is 2.24. The lowest BCUT2D eigenvalue weighted by molar-refractivity contribution is -0.920. The second-order valence-corrected chi connectivity index (χ2v) is 3.98. The number of nitrogens with one attached hydrogen (secondary N) is 1. The van der Waals surface area contributed by atoms with Crippen molar-refractivity contribution in [2.24, 2.45) is 0 Å². The van der Waals surface area contributed by atoms with Gasteiger partial charge in [0.15, 0.2) is 18.4 Å². The van der Waals surface area contributed by atoms with Crippen molar-refractivity contribution in [3.8, 4) is 0 Å². The predicted octanol–water partition coefficient (Wildman–Crippen LogP) is -2.91. The summed E-state index contributed by atoms with van der Waals surface area (Å²) in [6.45, 7) is 2.10. The molecule has 0 aliphatic carbocycles. The molecular formula is C8H15N3O2S. The summed E-state index contributed by atoms with van der Waals surface area (Å²) < 4.78 is 0. The largest absolute Gasteiger partial charge is 0.550 e. The highest BCUT2D eigenvalue weighted by molar-refractivity contribution is 7.80. The lowest BCUT2D eigenvalue weighted by atomic mass is 10.4. The smallest absolute Gasteiger partial charge is 0.179 e. The van der Waals surface area contributed by atoms with Crippen LogP contribution in [0.15, 0.2) is 0 Å². The summed E-state index contributed by atoms with van der Waals surface area (Å²) in [5.41, 5.74) is 0. The summed E-state index contributed by atoms with van der Waals surface area (Å²) in [5, 5.41) is 11.1. The van der Waals surface area contributed by atoms with Crippen molar-refractivity contribution in [1.82, 2.24) is 9.80 Å². The molecule has 5 nitrogen and oxygen atoms in total. The molecule has 0 bridgehead atoms. The number of carbonyl (C=O) groups excluding carboxylic acids is 1. The van der Waals surface area contributed by atoms with Crippen molar-refractivity contribution in [3.63, 3.8) is 0 Å². The fraction of sp³-hybridized carbons (Fsp3) is 0.750. The number of aliphatic carboxylic acids is 1. The van der Waals surface area contributed by atoms with Gasteiger partial charge in [-0.3, -0.25) is 0 Å². The van der Waals surface area contributed by atoms with E-state index >= 15 is 0 Å². The number of carboxylic acids is 1. The number of hydrogen-bond donors (Lipinski definition) is 1. The normalized spacial score (nSPS) is 18.9. The molecule has 1 aliphatic heterocycles. The van der Waals surface area contributed by atoms with Crippen LogP contribution in [0, 0.1) is 0 Å². The molecule has 0 aromatic heterocycles. The van der Waals surface area contributed by atoms with Gasteiger partial charge in [0.25, 0.3) is 0 Å². The van der Waals surface area contributed by atoms with E-state index in [1.165, 1.54) is 4.90 Å². The molecule has 80 valence electrons. The third-order valence-electron chi connectivity index (χ3n) is 2.26. The minimum Gasteiger partial charge on any atom is -0.550 e. The number of quaternary nitrogens is 1. The van der Waals surface area contributed by atoms with Gasteiger partial charge in [-0.15, -0.1) is 0 Å². The Bertz CT molecular complexity index is 233. The zero-order valence-corrected chi connectivity index (χ0v) is 9.26. The minimum atomic E-state index is -0.990. The first-order chi connectivity index (χ1) is 6.50. The van der Waals surface area contributed by atoms with Crippen LogP contribution in [0.3, 0.4) is 0 Å². The first-order valence-electron chi connectivity index (χ1n) is 4.50. The third-order valence-corrected chi connectivity index (χ3v) is 2.88. The van der Waals surface area contributed by atoms with E-state index in [-0.39, 0.29) is 6.42 Å². The van der Waals surface area contributed by atoms with Gasteiger partial charge in [-0.1, -0.05) is 0 Å². The Morgan fingerprint density at radius 2 is 2.00 bits per heavy atom. The number of carboxylic acid groups (broad SMARTS) is 1. The second-order valence-electron chi connectivity index (χ2n) is 3.62. The van der Waals surface area contributed by atoms with Crippen LogP contribution in [-0.4, -0.2) is 54.9 Å². The van der Waals surface area contributed by atoms with Crippen LogP contribution in [0.4, 0.5) is 0 Å². The number of nitrogens with zero attached hydrogens (tertiary/aromatic N) is 2. The molecule has 1 saturated heterocycles. The van der Waals surface area contributed by atoms with Gasteiger partial charge in [-0.25, -0.2) is 0 Å². The van der Waals surface area contributed by atoms with E-state index in [4.69, 9.17) is 12.2 Å². The molecule has 0 aromatic carbocycles. The van der Waals surface area contributed by atoms with E-state index in [1.807, 2.05) is 23.9 Å². The highest BCUT2D eigenvalue weighted by Crippen LogP contribution is 1.93. The van der Waals surface area contributed by atoms with Gasteiger partial charge in [-0.05, 0) is 12.2 Å². The summed E-state index contributed by atoms with van der Waals surface area (Å²) in [4.78, 5) is 15.4. The molecule has 1 rings (SSSR count). The maximum absolute atomic E-state index is 10.3. The molecule has 0 unspecified atom stereocenters. The molecule has 0 saturated carbocycles.